The van der Waals surface area contributed by atoms with Crippen LogP contribution in [0.1, 0.15) is 19.3 Å². The number of piperidine rings is 1. The number of carbonyl (C=O) groups excluding carboxylic acids is 1. The summed E-state index contributed by atoms with van der Waals surface area (Å²) >= 11 is 0. The normalized spacial score (nSPS) is 36.1. The van der Waals surface area contributed by atoms with E-state index in [9.17, 15) is 4.79 Å². The smallest absolute Gasteiger partial charge is 0.226 e. The van der Waals surface area contributed by atoms with E-state index in [-0.39, 0.29) is 5.92 Å². The number of nitrogens with one attached hydrogen (secondary N) is 1. The fourth-order valence-corrected chi connectivity index (χ4v) is 2.98. The predicted molar refractivity (Wildman–Crippen MR) is 55.5 cm³/mol. The van der Waals surface area contributed by atoms with E-state index >= 15 is 0 Å². The van der Waals surface area contributed by atoms with Crippen molar-refractivity contribution in [3.8, 4) is 0 Å². The van der Waals surface area contributed by atoms with Gasteiger partial charge in [0.2, 0.25) is 5.91 Å². The second-order valence-corrected chi connectivity index (χ2v) is 4.85. The molecule has 0 aromatic rings. The predicted octanol–water partition coefficient (Wildman–Crippen LogP) is -0.0143. The lowest BCUT2D eigenvalue weighted by Crippen LogP contribution is -2.66. The second-order valence-electron chi connectivity index (χ2n) is 4.85. The summed E-state index contributed by atoms with van der Waals surface area (Å²) in [6.07, 6.45) is 3.18. The Kier molecular flexibility index (Phi) is 2.41. The van der Waals surface area contributed by atoms with Gasteiger partial charge in [0.05, 0.1) is 25.3 Å². The Bertz CT molecular complexity index is 249. The first kappa shape index (κ1) is 9.60. The van der Waals surface area contributed by atoms with Crippen LogP contribution in [0.25, 0.3) is 0 Å². The zero-order valence-corrected chi connectivity index (χ0v) is 8.95. The van der Waals surface area contributed by atoms with Gasteiger partial charge in [-0.3, -0.25) is 4.79 Å². The minimum absolute atomic E-state index is 0.273. The van der Waals surface area contributed by atoms with E-state index in [4.69, 9.17) is 4.74 Å². The van der Waals surface area contributed by atoms with Crippen LogP contribution in [0, 0.1) is 5.92 Å². The zero-order valence-electron chi connectivity index (χ0n) is 8.95. The summed E-state index contributed by atoms with van der Waals surface area (Å²) in [5, 5.41) is 3.30. The Hall–Kier alpha value is -0.610. The highest BCUT2D eigenvalue weighted by Crippen LogP contribution is 2.33. The van der Waals surface area contributed by atoms with Gasteiger partial charge in [0.25, 0.3) is 0 Å². The van der Waals surface area contributed by atoms with Crippen molar-refractivity contribution in [2.45, 2.75) is 31.3 Å². The fraction of sp³-hybridized carbons (Fsp3) is 0.909. The molecule has 3 heterocycles. The van der Waals surface area contributed by atoms with Crippen molar-refractivity contribution in [2.24, 2.45) is 5.92 Å². The van der Waals surface area contributed by atoms with Crippen LogP contribution in [0.3, 0.4) is 0 Å². The molecule has 4 heteroatoms. The quantitative estimate of drug-likeness (QED) is 0.661. The summed E-state index contributed by atoms with van der Waals surface area (Å²) < 4.78 is 5.39. The number of rotatable bonds is 1. The summed E-state index contributed by atoms with van der Waals surface area (Å²) in [6, 6.07) is 0.789. The maximum Gasteiger partial charge on any atom is 0.226 e. The Balaban J connectivity index is 1.64. The van der Waals surface area contributed by atoms with Crippen molar-refractivity contribution in [1.29, 1.82) is 0 Å². The monoisotopic (exact) mass is 210 g/mol. The Labute approximate surface area is 90.0 Å². The highest BCUT2D eigenvalue weighted by Gasteiger charge is 2.46. The lowest BCUT2D eigenvalue weighted by atomic mass is 9.87. The lowest BCUT2D eigenvalue weighted by Gasteiger charge is -2.53. The molecule has 2 unspecified atom stereocenters. The number of carbonyl (C=O) groups is 1. The zero-order chi connectivity index (χ0) is 10.3. The number of hydrogen-bond donors (Lipinski definition) is 1. The minimum Gasteiger partial charge on any atom is -0.377 e. The number of hydrogen-bond acceptors (Lipinski definition) is 3. The van der Waals surface area contributed by atoms with Crippen LogP contribution in [-0.4, -0.2) is 49.2 Å². The highest BCUT2D eigenvalue weighted by atomic mass is 16.5. The largest absolute Gasteiger partial charge is 0.377 e. The van der Waals surface area contributed by atoms with Gasteiger partial charge in [-0.05, 0) is 32.4 Å². The molecule has 0 spiro atoms. The Morgan fingerprint density at radius 2 is 1.87 bits per heavy atom. The molecule has 0 radical (unpaired) electrons. The SMILES string of the molecule is O=C(C1CCNCC1)N1C2COCC1C2. The van der Waals surface area contributed by atoms with Gasteiger partial charge >= 0.3 is 0 Å². The maximum absolute atomic E-state index is 12.2. The molecule has 3 rings (SSSR count). The number of amides is 1. The second kappa shape index (κ2) is 3.76. The van der Waals surface area contributed by atoms with Crippen molar-refractivity contribution in [3.05, 3.63) is 0 Å². The van der Waals surface area contributed by atoms with E-state index in [0.717, 1.165) is 45.6 Å². The van der Waals surface area contributed by atoms with E-state index in [1.165, 1.54) is 0 Å². The van der Waals surface area contributed by atoms with Crippen molar-refractivity contribution in [1.82, 2.24) is 10.2 Å². The van der Waals surface area contributed by atoms with E-state index in [1.54, 1.807) is 0 Å². The van der Waals surface area contributed by atoms with Crippen LogP contribution in [0.5, 0.6) is 0 Å². The molecule has 84 valence electrons. The molecule has 2 bridgehead atoms. The number of fused-ring (bicyclic) bond motifs is 2. The van der Waals surface area contributed by atoms with Crippen molar-refractivity contribution < 1.29 is 9.53 Å². The molecule has 3 aliphatic rings. The fourth-order valence-electron chi connectivity index (χ4n) is 2.98. The average molecular weight is 210 g/mol. The molecule has 4 nitrogen and oxygen atoms in total. The molecular weight excluding hydrogens is 192 g/mol. The van der Waals surface area contributed by atoms with Crippen LogP contribution >= 0.6 is 0 Å². The molecule has 1 N–H and O–H groups in total. The van der Waals surface area contributed by atoms with E-state index in [0.29, 0.717) is 18.0 Å². The van der Waals surface area contributed by atoms with Gasteiger partial charge in [-0.2, -0.15) is 0 Å². The molecule has 3 saturated heterocycles. The first-order chi connectivity index (χ1) is 7.36. The van der Waals surface area contributed by atoms with Crippen molar-refractivity contribution in [2.75, 3.05) is 26.3 Å². The van der Waals surface area contributed by atoms with E-state index < -0.39 is 0 Å². The molecule has 15 heavy (non-hydrogen) atoms. The third-order valence-corrected chi connectivity index (χ3v) is 3.89. The molecule has 3 fully saturated rings. The Morgan fingerprint density at radius 1 is 1.20 bits per heavy atom. The van der Waals surface area contributed by atoms with Crippen LogP contribution in [0.2, 0.25) is 0 Å². The average Bonchev–Trinajstić information content (AvgIpc) is 2.31. The van der Waals surface area contributed by atoms with Crippen molar-refractivity contribution >= 4 is 5.91 Å². The van der Waals surface area contributed by atoms with Gasteiger partial charge in [-0.15, -0.1) is 0 Å². The molecule has 0 aliphatic carbocycles. The molecular formula is C11H18N2O2. The lowest BCUT2D eigenvalue weighted by molar-refractivity contribution is -0.172. The van der Waals surface area contributed by atoms with Crippen LogP contribution in [-0.2, 0) is 9.53 Å². The molecule has 0 saturated carbocycles. The van der Waals surface area contributed by atoms with E-state index in [2.05, 4.69) is 10.2 Å². The number of nitrogens with zero attached hydrogens (tertiary/aromatic N) is 1. The summed E-state index contributed by atoms with van der Waals surface area (Å²) in [4.78, 5) is 14.3. The van der Waals surface area contributed by atoms with Crippen LogP contribution in [0.4, 0.5) is 0 Å². The molecule has 1 amide bonds. The number of morpholine rings is 1. The van der Waals surface area contributed by atoms with Gasteiger partial charge < -0.3 is 15.0 Å². The summed E-state index contributed by atoms with van der Waals surface area (Å²) in [5.41, 5.74) is 0. The topological polar surface area (TPSA) is 41.6 Å². The molecule has 0 aromatic carbocycles. The minimum atomic E-state index is 0.273. The van der Waals surface area contributed by atoms with Gasteiger partial charge in [0, 0.05) is 5.92 Å². The number of ether oxygens (including phenoxy) is 1. The van der Waals surface area contributed by atoms with Crippen LogP contribution < -0.4 is 5.32 Å². The summed E-state index contributed by atoms with van der Waals surface area (Å²) in [7, 11) is 0. The standard InChI is InChI=1S/C11H18N2O2/c14-11(8-1-3-12-4-2-8)13-9-5-10(13)7-15-6-9/h8-10,12H,1-7H2. The van der Waals surface area contributed by atoms with Crippen molar-refractivity contribution in [3.63, 3.8) is 0 Å². The maximum atomic E-state index is 12.2. The van der Waals surface area contributed by atoms with Gasteiger partial charge in [0.15, 0.2) is 0 Å². The highest BCUT2D eigenvalue weighted by molar-refractivity contribution is 5.80. The van der Waals surface area contributed by atoms with Gasteiger partial charge in [-0.1, -0.05) is 0 Å². The van der Waals surface area contributed by atoms with Gasteiger partial charge in [0.1, 0.15) is 0 Å². The Morgan fingerprint density at radius 3 is 2.47 bits per heavy atom. The van der Waals surface area contributed by atoms with Crippen LogP contribution in [0.15, 0.2) is 0 Å². The van der Waals surface area contributed by atoms with E-state index in [1.807, 2.05) is 0 Å². The molecule has 0 aromatic heterocycles. The third kappa shape index (κ3) is 1.56. The summed E-state index contributed by atoms with van der Waals surface area (Å²) in [5.74, 6) is 0.663. The first-order valence-electron chi connectivity index (χ1n) is 5.97. The molecule has 3 aliphatic heterocycles. The third-order valence-electron chi connectivity index (χ3n) is 3.89. The molecule has 2 atom stereocenters. The summed E-state index contributed by atoms with van der Waals surface area (Å²) in [6.45, 7) is 3.51. The van der Waals surface area contributed by atoms with Gasteiger partial charge in [-0.25, -0.2) is 0 Å². The first-order valence-corrected chi connectivity index (χ1v) is 5.97.